The Morgan fingerprint density at radius 1 is 0.808 bits per heavy atom. The number of nitrogens with one attached hydrogen (secondary N) is 1. The summed E-state index contributed by atoms with van der Waals surface area (Å²) in [6, 6.07) is 24.2. The Morgan fingerprint density at radius 2 is 1.42 bits per heavy atom. The number of halogens is 1. The molecule has 0 aliphatic rings. The average Bonchev–Trinajstić information content (AvgIpc) is 2.68. The highest BCUT2D eigenvalue weighted by atomic mass is 35.5. The fourth-order valence-corrected chi connectivity index (χ4v) is 2.50. The topological polar surface area (TPSA) is 47.6 Å². The number of ether oxygens (including phenoxy) is 2. The van der Waals surface area contributed by atoms with Gasteiger partial charge in [-0.15, -0.1) is 0 Å². The van der Waals surface area contributed by atoms with Crippen molar-refractivity contribution in [2.75, 3.05) is 11.9 Å². The van der Waals surface area contributed by atoms with Crippen LogP contribution in [0.4, 0.5) is 5.69 Å². The molecule has 132 valence electrons. The molecule has 3 aromatic carbocycles. The van der Waals surface area contributed by atoms with Crippen LogP contribution in [-0.4, -0.2) is 12.5 Å². The molecule has 0 atom stereocenters. The summed E-state index contributed by atoms with van der Waals surface area (Å²) in [5.74, 6) is 0.801. The molecule has 26 heavy (non-hydrogen) atoms. The van der Waals surface area contributed by atoms with Gasteiger partial charge in [-0.25, -0.2) is 0 Å². The molecule has 0 saturated carbocycles. The number of carbonyl (C=O) groups excluding carboxylic acids is 1. The van der Waals surface area contributed by atoms with Crippen LogP contribution in [0.25, 0.3) is 0 Å². The van der Waals surface area contributed by atoms with Gasteiger partial charge in [-0.3, -0.25) is 4.79 Å². The molecule has 1 N–H and O–H groups in total. The van der Waals surface area contributed by atoms with Crippen molar-refractivity contribution in [3.8, 4) is 11.5 Å². The number of benzene rings is 3. The van der Waals surface area contributed by atoms with E-state index in [0.717, 1.165) is 5.56 Å². The average molecular weight is 368 g/mol. The van der Waals surface area contributed by atoms with Crippen LogP contribution in [0.3, 0.4) is 0 Å². The summed E-state index contributed by atoms with van der Waals surface area (Å²) in [4.78, 5) is 12.1. The highest BCUT2D eigenvalue weighted by molar-refractivity contribution is 6.33. The van der Waals surface area contributed by atoms with Crippen molar-refractivity contribution < 1.29 is 14.3 Å². The third kappa shape index (κ3) is 5.01. The number of para-hydroxylation sites is 3. The van der Waals surface area contributed by atoms with Crippen LogP contribution in [0.2, 0.25) is 5.02 Å². The molecule has 0 saturated heterocycles. The van der Waals surface area contributed by atoms with Crippen molar-refractivity contribution in [1.82, 2.24) is 0 Å². The van der Waals surface area contributed by atoms with Crippen LogP contribution in [0, 0.1) is 0 Å². The molecule has 0 aliphatic heterocycles. The van der Waals surface area contributed by atoms with E-state index in [1.165, 1.54) is 0 Å². The summed E-state index contributed by atoms with van der Waals surface area (Å²) in [6.07, 6.45) is 0. The summed E-state index contributed by atoms with van der Waals surface area (Å²) in [5.41, 5.74) is 1.61. The van der Waals surface area contributed by atoms with E-state index in [1.54, 1.807) is 30.3 Å². The first kappa shape index (κ1) is 17.8. The third-order valence-corrected chi connectivity index (χ3v) is 3.92. The van der Waals surface area contributed by atoms with Crippen molar-refractivity contribution in [3.63, 3.8) is 0 Å². The first-order valence-corrected chi connectivity index (χ1v) is 8.53. The van der Waals surface area contributed by atoms with E-state index in [2.05, 4.69) is 5.32 Å². The van der Waals surface area contributed by atoms with Crippen molar-refractivity contribution >= 4 is 23.2 Å². The molecule has 0 aromatic heterocycles. The van der Waals surface area contributed by atoms with Crippen LogP contribution >= 0.6 is 11.6 Å². The molecule has 3 aromatic rings. The van der Waals surface area contributed by atoms with Gasteiger partial charge >= 0.3 is 0 Å². The van der Waals surface area contributed by atoms with Gasteiger partial charge in [0, 0.05) is 0 Å². The predicted molar refractivity (Wildman–Crippen MR) is 103 cm³/mol. The van der Waals surface area contributed by atoms with Crippen LogP contribution in [0.1, 0.15) is 5.56 Å². The zero-order valence-electron chi connectivity index (χ0n) is 14.0. The zero-order chi connectivity index (χ0) is 18.2. The van der Waals surface area contributed by atoms with E-state index >= 15 is 0 Å². The minimum Gasteiger partial charge on any atom is -0.485 e. The quantitative estimate of drug-likeness (QED) is 0.643. The minimum absolute atomic E-state index is 0.142. The molecule has 0 radical (unpaired) electrons. The molecule has 0 spiro atoms. The number of rotatable bonds is 7. The summed E-state index contributed by atoms with van der Waals surface area (Å²) in [5, 5.41) is 3.20. The Kier molecular flexibility index (Phi) is 6.12. The normalized spacial score (nSPS) is 10.2. The van der Waals surface area contributed by atoms with Gasteiger partial charge in [0.15, 0.2) is 18.1 Å². The maximum absolute atomic E-state index is 12.1. The van der Waals surface area contributed by atoms with Gasteiger partial charge in [0.25, 0.3) is 5.91 Å². The molecular formula is C21H18ClNO3. The van der Waals surface area contributed by atoms with E-state index in [1.807, 2.05) is 48.5 Å². The van der Waals surface area contributed by atoms with Gasteiger partial charge in [0.2, 0.25) is 0 Å². The molecule has 0 fully saturated rings. The molecule has 0 unspecified atom stereocenters. The number of anilines is 1. The predicted octanol–water partition coefficient (Wildman–Crippen LogP) is 4.94. The fraction of sp³-hybridized carbons (Fsp3) is 0.0952. The Morgan fingerprint density at radius 3 is 2.15 bits per heavy atom. The van der Waals surface area contributed by atoms with Crippen LogP contribution < -0.4 is 14.8 Å². The summed E-state index contributed by atoms with van der Waals surface area (Å²) >= 11 is 6.03. The van der Waals surface area contributed by atoms with E-state index in [-0.39, 0.29) is 12.5 Å². The summed E-state index contributed by atoms with van der Waals surface area (Å²) in [7, 11) is 0. The molecule has 0 heterocycles. The smallest absolute Gasteiger partial charge is 0.262 e. The number of carbonyl (C=O) groups is 1. The zero-order valence-corrected chi connectivity index (χ0v) is 14.8. The van der Waals surface area contributed by atoms with Gasteiger partial charge < -0.3 is 14.8 Å². The number of hydrogen-bond donors (Lipinski definition) is 1. The van der Waals surface area contributed by atoms with Crippen molar-refractivity contribution in [2.24, 2.45) is 0 Å². The van der Waals surface area contributed by atoms with E-state index in [4.69, 9.17) is 21.1 Å². The minimum atomic E-state index is -0.295. The van der Waals surface area contributed by atoms with E-state index in [9.17, 15) is 4.79 Å². The third-order valence-electron chi connectivity index (χ3n) is 3.59. The number of amides is 1. The first-order valence-electron chi connectivity index (χ1n) is 8.15. The lowest BCUT2D eigenvalue weighted by molar-refractivity contribution is -0.118. The molecule has 3 rings (SSSR count). The van der Waals surface area contributed by atoms with Gasteiger partial charge in [-0.2, -0.15) is 0 Å². The Labute approximate surface area is 157 Å². The monoisotopic (exact) mass is 367 g/mol. The molecule has 4 nitrogen and oxygen atoms in total. The first-order chi connectivity index (χ1) is 12.7. The van der Waals surface area contributed by atoms with Crippen LogP contribution in [0.15, 0.2) is 78.9 Å². The second kappa shape index (κ2) is 8.92. The van der Waals surface area contributed by atoms with Gasteiger partial charge in [-0.05, 0) is 29.8 Å². The number of hydrogen-bond acceptors (Lipinski definition) is 3. The lowest BCUT2D eigenvalue weighted by Crippen LogP contribution is -2.20. The fourth-order valence-electron chi connectivity index (χ4n) is 2.32. The maximum atomic E-state index is 12.1. The summed E-state index contributed by atoms with van der Waals surface area (Å²) < 4.78 is 11.4. The highest BCUT2D eigenvalue weighted by Gasteiger charge is 2.09. The Hall–Kier alpha value is -2.98. The molecule has 0 bridgehead atoms. The van der Waals surface area contributed by atoms with Crippen LogP contribution in [0.5, 0.6) is 11.5 Å². The largest absolute Gasteiger partial charge is 0.485 e. The molecular weight excluding hydrogens is 350 g/mol. The maximum Gasteiger partial charge on any atom is 0.262 e. The standard InChI is InChI=1S/C21H18ClNO3/c22-17-10-4-5-11-18(17)23-21(24)15-26-20-13-7-6-12-19(20)25-14-16-8-2-1-3-9-16/h1-13H,14-15H2,(H,23,24). The van der Waals surface area contributed by atoms with E-state index in [0.29, 0.717) is 28.8 Å². The second-order valence-corrected chi connectivity index (χ2v) is 5.94. The van der Waals surface area contributed by atoms with Gasteiger partial charge in [-0.1, -0.05) is 66.2 Å². The second-order valence-electron chi connectivity index (χ2n) is 5.54. The highest BCUT2D eigenvalue weighted by Crippen LogP contribution is 2.27. The summed E-state index contributed by atoms with van der Waals surface area (Å²) in [6.45, 7) is 0.282. The molecule has 5 heteroatoms. The van der Waals surface area contributed by atoms with Crippen LogP contribution in [-0.2, 0) is 11.4 Å². The molecule has 1 amide bonds. The van der Waals surface area contributed by atoms with Gasteiger partial charge in [0.05, 0.1) is 10.7 Å². The van der Waals surface area contributed by atoms with Crippen molar-refractivity contribution in [1.29, 1.82) is 0 Å². The van der Waals surface area contributed by atoms with E-state index < -0.39 is 0 Å². The van der Waals surface area contributed by atoms with Crippen molar-refractivity contribution in [3.05, 3.63) is 89.4 Å². The lowest BCUT2D eigenvalue weighted by Gasteiger charge is -2.13. The Balaban J connectivity index is 1.58. The van der Waals surface area contributed by atoms with Gasteiger partial charge in [0.1, 0.15) is 6.61 Å². The molecule has 0 aliphatic carbocycles. The SMILES string of the molecule is O=C(COc1ccccc1OCc1ccccc1)Nc1ccccc1Cl. The van der Waals surface area contributed by atoms with Crippen molar-refractivity contribution in [2.45, 2.75) is 6.61 Å². The Bertz CT molecular complexity index is 868. The lowest BCUT2D eigenvalue weighted by atomic mass is 10.2.